The van der Waals surface area contributed by atoms with Gasteiger partial charge in [0.25, 0.3) is 0 Å². The highest BCUT2D eigenvalue weighted by Crippen LogP contribution is 2.45. The lowest BCUT2D eigenvalue weighted by molar-refractivity contribution is -0.145. The zero-order valence-electron chi connectivity index (χ0n) is 20.2. The van der Waals surface area contributed by atoms with Gasteiger partial charge in [-0.05, 0) is 72.4 Å². The summed E-state index contributed by atoms with van der Waals surface area (Å²) in [4.78, 5) is 16.3. The summed E-state index contributed by atoms with van der Waals surface area (Å²) in [6, 6.07) is 7.82. The Kier molecular flexibility index (Phi) is 7.94. The number of hydrazone groups is 1. The molecule has 1 aromatic carbocycles. The van der Waals surface area contributed by atoms with E-state index < -0.39 is 15.4 Å². The van der Waals surface area contributed by atoms with Crippen molar-refractivity contribution in [1.82, 2.24) is 14.3 Å². The maximum atomic E-state index is 13.6. The zero-order chi connectivity index (χ0) is 26.1. The molecule has 0 spiro atoms. The van der Waals surface area contributed by atoms with Gasteiger partial charge >= 0.3 is 5.97 Å². The molecule has 9 nitrogen and oxygen atoms in total. The molecule has 2 aliphatic rings. The summed E-state index contributed by atoms with van der Waals surface area (Å²) in [6.07, 6.45) is 5.37. The summed E-state index contributed by atoms with van der Waals surface area (Å²) in [5.74, 6) is 0.411. The van der Waals surface area contributed by atoms with Crippen molar-refractivity contribution in [1.29, 1.82) is 0 Å². The number of carbonyl (C=O) groups excluding carboxylic acids is 1. The molecule has 1 aliphatic carbocycles. The number of sulfonamides is 1. The second-order valence-corrected chi connectivity index (χ2v) is 12.3. The van der Waals surface area contributed by atoms with Gasteiger partial charge in [0, 0.05) is 29.7 Å². The first-order valence-corrected chi connectivity index (χ1v) is 14.2. The van der Waals surface area contributed by atoms with E-state index in [1.807, 2.05) is 6.92 Å². The topological polar surface area (TPSA) is 101 Å². The zero-order valence-corrected chi connectivity index (χ0v) is 23.4. The molecule has 0 bridgehead atoms. The number of hydrogen-bond donors (Lipinski definition) is 0. The van der Waals surface area contributed by atoms with Crippen molar-refractivity contribution in [3.63, 3.8) is 0 Å². The molecule has 0 amide bonds. The Bertz CT molecular complexity index is 1260. The molecule has 2 heterocycles. The standard InChI is InChI=1S/C24H28BrClN4O5S/c1-4-34-22(31)14-30-21-7-5-6-20(24(21,2)15-28-30)29(3)36(32,33)18-12-19(25)23(27-13-18)35-17-10-8-16(26)9-11-17/h8-13,15,20-21H,4-7,14H2,1-3H3/t20-,21?,24?/m1/s1. The molecule has 1 aromatic heterocycles. The number of ether oxygens (including phenoxy) is 2. The molecule has 36 heavy (non-hydrogen) atoms. The SMILES string of the molecule is CCOC(=O)CN1N=CC2(C)C1CCC[C@H]2N(C)S(=O)(=O)c1cnc(Oc2ccc(Cl)cc2)c(Br)c1. The summed E-state index contributed by atoms with van der Waals surface area (Å²) < 4.78 is 39.9. The Morgan fingerprint density at radius 3 is 2.69 bits per heavy atom. The number of esters is 1. The molecule has 1 fully saturated rings. The van der Waals surface area contributed by atoms with Crippen LogP contribution in [0, 0.1) is 5.41 Å². The number of hydrogen-bond acceptors (Lipinski definition) is 8. The summed E-state index contributed by atoms with van der Waals surface area (Å²) in [7, 11) is -2.30. The third kappa shape index (κ3) is 5.25. The minimum Gasteiger partial charge on any atom is -0.465 e. The molecule has 12 heteroatoms. The van der Waals surface area contributed by atoms with Gasteiger partial charge in [-0.1, -0.05) is 18.5 Å². The summed E-state index contributed by atoms with van der Waals surface area (Å²) >= 11 is 9.30. The van der Waals surface area contributed by atoms with Crippen LogP contribution in [0.1, 0.15) is 33.1 Å². The van der Waals surface area contributed by atoms with Crippen LogP contribution in [0.4, 0.5) is 0 Å². The molecule has 1 aliphatic heterocycles. The monoisotopic (exact) mass is 598 g/mol. The lowest BCUT2D eigenvalue weighted by Gasteiger charge is -2.46. The van der Waals surface area contributed by atoms with E-state index in [2.05, 4.69) is 26.0 Å². The van der Waals surface area contributed by atoms with Gasteiger partial charge in [0.2, 0.25) is 15.9 Å². The van der Waals surface area contributed by atoms with Crippen molar-refractivity contribution in [2.75, 3.05) is 20.2 Å². The first kappa shape index (κ1) is 26.8. The Balaban J connectivity index is 1.53. The van der Waals surface area contributed by atoms with Crippen LogP contribution in [-0.2, 0) is 19.6 Å². The predicted octanol–water partition coefficient (Wildman–Crippen LogP) is 4.70. The third-order valence-electron chi connectivity index (χ3n) is 6.76. The fourth-order valence-electron chi connectivity index (χ4n) is 4.91. The second-order valence-electron chi connectivity index (χ2n) is 9.01. The Hall–Kier alpha value is -2.21. The third-order valence-corrected chi connectivity index (χ3v) is 9.41. The van der Waals surface area contributed by atoms with Gasteiger partial charge in [-0.25, -0.2) is 13.4 Å². The van der Waals surface area contributed by atoms with Crippen molar-refractivity contribution in [3.05, 3.63) is 46.0 Å². The molecule has 3 atom stereocenters. The first-order valence-electron chi connectivity index (χ1n) is 11.6. The molecule has 0 saturated heterocycles. The van der Waals surface area contributed by atoms with Gasteiger partial charge in [-0.15, -0.1) is 0 Å². The molecule has 1 saturated carbocycles. The average Bonchev–Trinajstić information content (AvgIpc) is 3.17. The number of aromatic nitrogens is 1. The smallest absolute Gasteiger partial charge is 0.327 e. The van der Waals surface area contributed by atoms with Crippen LogP contribution in [-0.4, -0.2) is 67.2 Å². The molecule has 194 valence electrons. The van der Waals surface area contributed by atoms with E-state index >= 15 is 0 Å². The number of benzene rings is 1. The number of halogens is 2. The molecular weight excluding hydrogens is 572 g/mol. The van der Waals surface area contributed by atoms with Crippen molar-refractivity contribution < 1.29 is 22.7 Å². The highest BCUT2D eigenvalue weighted by atomic mass is 79.9. The van der Waals surface area contributed by atoms with Gasteiger partial charge in [0.15, 0.2) is 0 Å². The second kappa shape index (κ2) is 10.6. The summed E-state index contributed by atoms with van der Waals surface area (Å²) in [5.41, 5.74) is -0.561. The van der Waals surface area contributed by atoms with Gasteiger partial charge in [-0.2, -0.15) is 9.41 Å². The maximum absolute atomic E-state index is 13.6. The van der Waals surface area contributed by atoms with Crippen LogP contribution in [0.25, 0.3) is 0 Å². The predicted molar refractivity (Wildman–Crippen MR) is 140 cm³/mol. The van der Waals surface area contributed by atoms with E-state index in [9.17, 15) is 13.2 Å². The summed E-state index contributed by atoms with van der Waals surface area (Å²) in [5, 5.41) is 6.78. The van der Waals surface area contributed by atoms with Crippen LogP contribution < -0.4 is 4.74 Å². The van der Waals surface area contributed by atoms with Crippen molar-refractivity contribution >= 4 is 49.7 Å². The Morgan fingerprint density at radius 1 is 1.31 bits per heavy atom. The van der Waals surface area contributed by atoms with Crippen LogP contribution in [0.3, 0.4) is 0 Å². The number of pyridine rings is 1. The van der Waals surface area contributed by atoms with Gasteiger partial charge in [0.05, 0.1) is 23.3 Å². The molecule has 2 unspecified atom stereocenters. The van der Waals surface area contributed by atoms with Gasteiger partial charge in [0.1, 0.15) is 17.2 Å². The van der Waals surface area contributed by atoms with Crippen LogP contribution in [0.15, 0.2) is 51.0 Å². The van der Waals surface area contributed by atoms with Crippen molar-refractivity contribution in [2.24, 2.45) is 10.5 Å². The quantitative estimate of drug-likeness (QED) is 0.405. The van der Waals surface area contributed by atoms with E-state index in [4.69, 9.17) is 21.1 Å². The largest absolute Gasteiger partial charge is 0.465 e. The van der Waals surface area contributed by atoms with Crippen molar-refractivity contribution in [2.45, 2.75) is 50.1 Å². The number of fused-ring (bicyclic) bond motifs is 1. The lowest BCUT2D eigenvalue weighted by Crippen LogP contribution is -2.57. The average molecular weight is 600 g/mol. The van der Waals surface area contributed by atoms with Crippen LogP contribution in [0.5, 0.6) is 11.6 Å². The van der Waals surface area contributed by atoms with Gasteiger partial charge < -0.3 is 9.47 Å². The normalized spacial score (nSPS) is 23.6. The fourth-order valence-corrected chi connectivity index (χ4v) is 7.07. The molecule has 0 radical (unpaired) electrons. The van der Waals surface area contributed by atoms with E-state index in [-0.39, 0.29) is 35.4 Å². The number of nitrogens with zero attached hydrogens (tertiary/aromatic N) is 4. The lowest BCUT2D eigenvalue weighted by atomic mass is 9.69. The van der Waals surface area contributed by atoms with Crippen LogP contribution >= 0.6 is 27.5 Å². The van der Waals surface area contributed by atoms with Crippen molar-refractivity contribution in [3.8, 4) is 11.6 Å². The minimum absolute atomic E-state index is 0.0414. The highest BCUT2D eigenvalue weighted by Gasteiger charge is 2.52. The van der Waals surface area contributed by atoms with E-state index in [1.54, 1.807) is 49.5 Å². The number of rotatable bonds is 8. The Morgan fingerprint density at radius 2 is 2.03 bits per heavy atom. The maximum Gasteiger partial charge on any atom is 0.327 e. The van der Waals surface area contributed by atoms with Gasteiger partial charge in [-0.3, -0.25) is 9.80 Å². The first-order chi connectivity index (χ1) is 17.1. The molecule has 2 aromatic rings. The van der Waals surface area contributed by atoms with E-state index in [1.165, 1.54) is 16.6 Å². The minimum atomic E-state index is -3.89. The van der Waals surface area contributed by atoms with E-state index in [0.717, 1.165) is 12.8 Å². The number of carbonyl (C=O) groups is 1. The molecular formula is C24H28BrClN4O5S. The molecule has 4 rings (SSSR count). The van der Waals surface area contributed by atoms with E-state index in [0.29, 0.717) is 28.3 Å². The molecule has 0 N–H and O–H groups in total. The fraction of sp³-hybridized carbons (Fsp3) is 0.458. The van der Waals surface area contributed by atoms with Crippen LogP contribution in [0.2, 0.25) is 5.02 Å². The highest BCUT2D eigenvalue weighted by molar-refractivity contribution is 9.10. The summed E-state index contributed by atoms with van der Waals surface area (Å²) in [6.45, 7) is 4.10. The Labute approximate surface area is 224 Å².